The number of hydrogen-bond donors (Lipinski definition) is 2. The molecule has 0 aliphatic heterocycles. The number of nitrogens with one attached hydrogen (secondary N) is 2. The van der Waals surface area contributed by atoms with Gasteiger partial charge in [-0.3, -0.25) is 0 Å². The zero-order valence-electron chi connectivity index (χ0n) is 12.9. The van der Waals surface area contributed by atoms with Crippen LogP contribution in [0.5, 0.6) is 0 Å². The summed E-state index contributed by atoms with van der Waals surface area (Å²) < 4.78 is 0. The maximum atomic E-state index is 3.49. The Morgan fingerprint density at radius 1 is 0.700 bits per heavy atom. The summed E-state index contributed by atoms with van der Waals surface area (Å²) in [6.07, 6.45) is 0. The highest BCUT2D eigenvalue weighted by atomic mass is 14.9. The van der Waals surface area contributed by atoms with Crippen molar-refractivity contribution in [3.8, 4) is 0 Å². The van der Waals surface area contributed by atoms with Crippen LogP contribution in [0.2, 0.25) is 0 Å². The summed E-state index contributed by atoms with van der Waals surface area (Å²) in [7, 11) is 0. The molecular weight excluding hydrogens is 244 g/mol. The first kappa shape index (κ1) is 14.4. The normalized spacial score (nSPS) is 10.4. The Morgan fingerprint density at radius 2 is 1.40 bits per heavy atom. The minimum atomic E-state index is 0.913. The molecule has 0 aliphatic carbocycles. The SMILES string of the molecule is Cc1ccc(C)c(NCCNc2ccc(C)c(C)c2)c1. The highest BCUT2D eigenvalue weighted by Crippen LogP contribution is 2.16. The van der Waals surface area contributed by atoms with E-state index in [1.807, 2.05) is 0 Å². The fraction of sp³-hybridized carbons (Fsp3) is 0.333. The molecule has 0 radical (unpaired) electrons. The zero-order valence-corrected chi connectivity index (χ0v) is 12.9. The predicted octanol–water partition coefficient (Wildman–Crippen LogP) is 4.44. The van der Waals surface area contributed by atoms with Crippen LogP contribution in [0, 0.1) is 27.7 Å². The maximum Gasteiger partial charge on any atom is 0.0373 e. The van der Waals surface area contributed by atoms with E-state index < -0.39 is 0 Å². The van der Waals surface area contributed by atoms with E-state index in [4.69, 9.17) is 0 Å². The summed E-state index contributed by atoms with van der Waals surface area (Å²) in [5.41, 5.74) is 7.67. The lowest BCUT2D eigenvalue weighted by atomic mass is 10.1. The average Bonchev–Trinajstić information content (AvgIpc) is 2.42. The van der Waals surface area contributed by atoms with Crippen LogP contribution >= 0.6 is 0 Å². The zero-order chi connectivity index (χ0) is 14.5. The summed E-state index contributed by atoms with van der Waals surface area (Å²) in [6.45, 7) is 10.4. The van der Waals surface area contributed by atoms with Crippen molar-refractivity contribution >= 4 is 11.4 Å². The monoisotopic (exact) mass is 268 g/mol. The van der Waals surface area contributed by atoms with Crippen molar-refractivity contribution in [2.45, 2.75) is 27.7 Å². The molecule has 0 unspecified atom stereocenters. The van der Waals surface area contributed by atoms with Crippen molar-refractivity contribution < 1.29 is 0 Å². The first-order chi connectivity index (χ1) is 9.56. The summed E-state index contributed by atoms with van der Waals surface area (Å²) >= 11 is 0. The lowest BCUT2D eigenvalue weighted by molar-refractivity contribution is 1.07. The number of rotatable bonds is 5. The van der Waals surface area contributed by atoms with Crippen molar-refractivity contribution in [3.63, 3.8) is 0 Å². The predicted molar refractivity (Wildman–Crippen MR) is 88.8 cm³/mol. The Hall–Kier alpha value is -1.96. The smallest absolute Gasteiger partial charge is 0.0373 e. The first-order valence-electron chi connectivity index (χ1n) is 7.18. The van der Waals surface area contributed by atoms with Crippen molar-refractivity contribution in [1.82, 2.24) is 0 Å². The molecule has 0 aromatic heterocycles. The Labute approximate surface area is 122 Å². The summed E-state index contributed by atoms with van der Waals surface area (Å²) in [4.78, 5) is 0. The topological polar surface area (TPSA) is 24.1 Å². The third-order valence-corrected chi connectivity index (χ3v) is 3.67. The van der Waals surface area contributed by atoms with Gasteiger partial charge < -0.3 is 10.6 Å². The van der Waals surface area contributed by atoms with Gasteiger partial charge >= 0.3 is 0 Å². The summed E-state index contributed by atoms with van der Waals surface area (Å²) in [5, 5.41) is 6.94. The van der Waals surface area contributed by atoms with Crippen LogP contribution in [0.25, 0.3) is 0 Å². The number of benzene rings is 2. The molecule has 0 heterocycles. The van der Waals surface area contributed by atoms with Crippen LogP contribution in [0.1, 0.15) is 22.3 Å². The second kappa shape index (κ2) is 6.47. The van der Waals surface area contributed by atoms with Crippen LogP contribution in [0.3, 0.4) is 0 Å². The molecule has 0 amide bonds. The lowest BCUT2D eigenvalue weighted by Gasteiger charge is -2.12. The molecule has 2 aromatic carbocycles. The van der Waals surface area contributed by atoms with Gasteiger partial charge in [0.05, 0.1) is 0 Å². The second-order valence-electron chi connectivity index (χ2n) is 5.47. The molecule has 2 aromatic rings. The molecule has 2 nitrogen and oxygen atoms in total. The van der Waals surface area contributed by atoms with Gasteiger partial charge in [-0.05, 0) is 68.1 Å². The van der Waals surface area contributed by atoms with Gasteiger partial charge in [0.1, 0.15) is 0 Å². The standard InChI is InChI=1S/C18H24N2/c1-13-5-6-15(3)18(11-13)20-10-9-19-17-8-7-14(2)16(4)12-17/h5-8,11-12,19-20H,9-10H2,1-4H3. The first-order valence-corrected chi connectivity index (χ1v) is 7.18. The van der Waals surface area contributed by atoms with Crippen LogP contribution in [-0.2, 0) is 0 Å². The molecule has 0 spiro atoms. The van der Waals surface area contributed by atoms with Gasteiger partial charge in [0.15, 0.2) is 0 Å². The number of anilines is 2. The van der Waals surface area contributed by atoms with Gasteiger partial charge in [-0.1, -0.05) is 18.2 Å². The third-order valence-electron chi connectivity index (χ3n) is 3.67. The molecule has 106 valence electrons. The molecule has 0 bridgehead atoms. The van der Waals surface area contributed by atoms with E-state index in [1.165, 1.54) is 33.6 Å². The quantitative estimate of drug-likeness (QED) is 0.783. The maximum absolute atomic E-state index is 3.49. The molecule has 2 heteroatoms. The summed E-state index contributed by atoms with van der Waals surface area (Å²) in [5.74, 6) is 0. The fourth-order valence-electron chi connectivity index (χ4n) is 2.18. The fourth-order valence-corrected chi connectivity index (χ4v) is 2.18. The van der Waals surface area contributed by atoms with Gasteiger partial charge in [0.2, 0.25) is 0 Å². The van der Waals surface area contributed by atoms with E-state index in [2.05, 4.69) is 74.7 Å². The van der Waals surface area contributed by atoms with Gasteiger partial charge in [0, 0.05) is 24.5 Å². The highest BCUT2D eigenvalue weighted by Gasteiger charge is 1.98. The van der Waals surface area contributed by atoms with E-state index >= 15 is 0 Å². The second-order valence-corrected chi connectivity index (χ2v) is 5.47. The lowest BCUT2D eigenvalue weighted by Crippen LogP contribution is -2.14. The van der Waals surface area contributed by atoms with Crippen molar-refractivity contribution in [2.75, 3.05) is 23.7 Å². The molecule has 2 N–H and O–H groups in total. The number of aryl methyl sites for hydroxylation is 4. The van der Waals surface area contributed by atoms with Crippen LogP contribution in [0.4, 0.5) is 11.4 Å². The van der Waals surface area contributed by atoms with Crippen molar-refractivity contribution in [3.05, 3.63) is 58.7 Å². The molecule has 0 atom stereocenters. The van der Waals surface area contributed by atoms with E-state index in [0.29, 0.717) is 0 Å². The Kier molecular flexibility index (Phi) is 4.67. The molecule has 0 saturated carbocycles. The summed E-state index contributed by atoms with van der Waals surface area (Å²) in [6, 6.07) is 13.0. The van der Waals surface area contributed by atoms with Gasteiger partial charge in [-0.15, -0.1) is 0 Å². The molecule has 2 rings (SSSR count). The van der Waals surface area contributed by atoms with Crippen LogP contribution in [-0.4, -0.2) is 13.1 Å². The van der Waals surface area contributed by atoms with E-state index in [9.17, 15) is 0 Å². The van der Waals surface area contributed by atoms with E-state index in [1.54, 1.807) is 0 Å². The minimum Gasteiger partial charge on any atom is -0.383 e. The largest absolute Gasteiger partial charge is 0.383 e. The van der Waals surface area contributed by atoms with E-state index in [0.717, 1.165) is 13.1 Å². The van der Waals surface area contributed by atoms with E-state index in [-0.39, 0.29) is 0 Å². The molecule has 0 fully saturated rings. The van der Waals surface area contributed by atoms with Gasteiger partial charge in [-0.2, -0.15) is 0 Å². The van der Waals surface area contributed by atoms with Gasteiger partial charge in [0.25, 0.3) is 0 Å². The van der Waals surface area contributed by atoms with Gasteiger partial charge in [-0.25, -0.2) is 0 Å². The van der Waals surface area contributed by atoms with Crippen molar-refractivity contribution in [2.24, 2.45) is 0 Å². The minimum absolute atomic E-state index is 0.913. The van der Waals surface area contributed by atoms with Crippen LogP contribution in [0.15, 0.2) is 36.4 Å². The van der Waals surface area contributed by atoms with Crippen molar-refractivity contribution in [1.29, 1.82) is 0 Å². The highest BCUT2D eigenvalue weighted by molar-refractivity contribution is 5.53. The molecule has 20 heavy (non-hydrogen) atoms. The molecule has 0 aliphatic rings. The molecule has 0 saturated heterocycles. The Balaban J connectivity index is 1.84. The Bertz CT molecular complexity index is 588. The average molecular weight is 268 g/mol. The molecular formula is C18H24N2. The number of hydrogen-bond acceptors (Lipinski definition) is 2. The van der Waals surface area contributed by atoms with Crippen LogP contribution < -0.4 is 10.6 Å². The third kappa shape index (κ3) is 3.77. The Morgan fingerprint density at radius 3 is 2.15 bits per heavy atom.